The second-order valence-electron chi connectivity index (χ2n) is 4.53. The fraction of sp³-hybridized carbons (Fsp3) is 0.0667. The summed E-state index contributed by atoms with van der Waals surface area (Å²) in [5.41, 5.74) is 2.73. The van der Waals surface area contributed by atoms with Gasteiger partial charge in [-0.3, -0.25) is 4.40 Å². The molecule has 3 aromatic rings. The van der Waals surface area contributed by atoms with Crippen LogP contribution in [0.3, 0.4) is 0 Å². The van der Waals surface area contributed by atoms with Crippen LogP contribution in [-0.2, 0) is 0 Å². The van der Waals surface area contributed by atoms with E-state index in [4.69, 9.17) is 11.6 Å². The van der Waals surface area contributed by atoms with Crippen molar-refractivity contribution in [3.63, 3.8) is 0 Å². The van der Waals surface area contributed by atoms with Gasteiger partial charge in [-0.2, -0.15) is 0 Å². The van der Waals surface area contributed by atoms with Gasteiger partial charge in [-0.05, 0) is 30.7 Å². The summed E-state index contributed by atoms with van der Waals surface area (Å²) in [6.07, 6.45) is 1.71. The van der Waals surface area contributed by atoms with Crippen LogP contribution in [0.1, 0.15) is 16.1 Å². The van der Waals surface area contributed by atoms with Gasteiger partial charge >= 0.3 is 5.97 Å². The number of halogens is 1. The molecule has 5 heteroatoms. The van der Waals surface area contributed by atoms with E-state index >= 15 is 0 Å². The number of aryl methyl sites for hydroxylation is 1. The third kappa shape index (κ3) is 1.94. The molecule has 3 rings (SSSR count). The van der Waals surface area contributed by atoms with Crippen LogP contribution in [0.25, 0.3) is 16.9 Å². The predicted octanol–water partition coefficient (Wildman–Crippen LogP) is 3.66. The van der Waals surface area contributed by atoms with E-state index in [2.05, 4.69) is 4.98 Å². The first-order valence-electron chi connectivity index (χ1n) is 6.05. The van der Waals surface area contributed by atoms with E-state index in [0.717, 1.165) is 5.56 Å². The summed E-state index contributed by atoms with van der Waals surface area (Å²) in [7, 11) is 0. The number of pyridine rings is 1. The van der Waals surface area contributed by atoms with Crippen LogP contribution < -0.4 is 0 Å². The molecule has 20 heavy (non-hydrogen) atoms. The van der Waals surface area contributed by atoms with E-state index in [9.17, 15) is 9.90 Å². The maximum atomic E-state index is 11.6. The average Bonchev–Trinajstić information content (AvgIpc) is 2.77. The highest BCUT2D eigenvalue weighted by Crippen LogP contribution is 2.30. The Morgan fingerprint density at radius 3 is 2.75 bits per heavy atom. The van der Waals surface area contributed by atoms with Gasteiger partial charge in [0, 0.05) is 11.8 Å². The molecule has 0 aliphatic carbocycles. The summed E-state index contributed by atoms with van der Waals surface area (Å²) >= 11 is 6.15. The van der Waals surface area contributed by atoms with Crippen LogP contribution in [0.4, 0.5) is 0 Å². The van der Waals surface area contributed by atoms with Gasteiger partial charge in [0.05, 0.1) is 5.02 Å². The molecule has 0 saturated heterocycles. The van der Waals surface area contributed by atoms with Crippen molar-refractivity contribution in [3.05, 3.63) is 58.9 Å². The van der Waals surface area contributed by atoms with Crippen LogP contribution in [0, 0.1) is 6.92 Å². The Morgan fingerprint density at radius 1 is 1.30 bits per heavy atom. The Morgan fingerprint density at radius 2 is 2.05 bits per heavy atom. The van der Waals surface area contributed by atoms with Crippen molar-refractivity contribution in [2.45, 2.75) is 6.92 Å². The molecule has 0 aliphatic rings. The standard InChI is InChI=1S/C15H11ClN2O2/c1-9-6-7-18-12(8-9)17-13(14(18)15(19)20)10-4-2-3-5-11(10)16/h2-8H,1H3,(H,19,20). The van der Waals surface area contributed by atoms with Crippen LogP contribution in [0.2, 0.25) is 5.02 Å². The lowest BCUT2D eigenvalue weighted by Crippen LogP contribution is -2.03. The number of aromatic nitrogens is 2. The highest BCUT2D eigenvalue weighted by atomic mass is 35.5. The number of benzene rings is 1. The topological polar surface area (TPSA) is 54.6 Å². The van der Waals surface area contributed by atoms with Crippen LogP contribution in [0.5, 0.6) is 0 Å². The second kappa shape index (κ2) is 4.65. The highest BCUT2D eigenvalue weighted by Gasteiger charge is 2.21. The predicted molar refractivity (Wildman–Crippen MR) is 77.3 cm³/mol. The zero-order valence-electron chi connectivity index (χ0n) is 10.7. The molecule has 0 aliphatic heterocycles. The summed E-state index contributed by atoms with van der Waals surface area (Å²) in [6, 6.07) is 10.8. The number of hydrogen-bond acceptors (Lipinski definition) is 2. The molecule has 0 amide bonds. The molecule has 0 atom stereocenters. The summed E-state index contributed by atoms with van der Waals surface area (Å²) in [6.45, 7) is 1.93. The number of hydrogen-bond donors (Lipinski definition) is 1. The monoisotopic (exact) mass is 286 g/mol. The van der Waals surface area contributed by atoms with Crippen molar-refractivity contribution in [3.8, 4) is 11.3 Å². The molecular weight excluding hydrogens is 276 g/mol. The van der Waals surface area contributed by atoms with Crippen molar-refractivity contribution in [2.75, 3.05) is 0 Å². The normalized spacial score (nSPS) is 10.9. The molecule has 100 valence electrons. The van der Waals surface area contributed by atoms with Crippen LogP contribution >= 0.6 is 11.6 Å². The van der Waals surface area contributed by atoms with E-state index in [1.165, 1.54) is 0 Å². The molecule has 2 heterocycles. The molecule has 1 N–H and O–H groups in total. The third-order valence-corrected chi connectivity index (χ3v) is 3.44. The van der Waals surface area contributed by atoms with Gasteiger partial charge in [0.1, 0.15) is 11.3 Å². The maximum absolute atomic E-state index is 11.6. The van der Waals surface area contributed by atoms with Crippen molar-refractivity contribution < 1.29 is 9.90 Å². The Balaban J connectivity index is 2.38. The molecule has 4 nitrogen and oxygen atoms in total. The summed E-state index contributed by atoms with van der Waals surface area (Å²) in [5, 5.41) is 9.95. The molecular formula is C15H11ClN2O2. The molecule has 2 aromatic heterocycles. The van der Waals surface area contributed by atoms with Gasteiger partial charge < -0.3 is 5.11 Å². The van der Waals surface area contributed by atoms with Crippen molar-refractivity contribution in [2.24, 2.45) is 0 Å². The molecule has 0 spiro atoms. The number of fused-ring (bicyclic) bond motifs is 1. The van der Waals surface area contributed by atoms with Crippen molar-refractivity contribution >= 4 is 23.2 Å². The number of carboxylic acids is 1. The van der Waals surface area contributed by atoms with Gasteiger partial charge in [-0.1, -0.05) is 29.8 Å². The zero-order valence-corrected chi connectivity index (χ0v) is 11.4. The largest absolute Gasteiger partial charge is 0.476 e. The van der Waals surface area contributed by atoms with Crippen molar-refractivity contribution in [1.82, 2.24) is 9.38 Å². The Labute approximate surface area is 120 Å². The maximum Gasteiger partial charge on any atom is 0.355 e. The van der Waals surface area contributed by atoms with Crippen LogP contribution in [0.15, 0.2) is 42.6 Å². The second-order valence-corrected chi connectivity index (χ2v) is 4.93. The van der Waals surface area contributed by atoms with Gasteiger partial charge in [0.15, 0.2) is 5.69 Å². The quantitative estimate of drug-likeness (QED) is 0.782. The number of carboxylic acid groups (broad SMARTS) is 1. The van der Waals surface area contributed by atoms with E-state index in [1.807, 2.05) is 25.1 Å². The number of imidazole rings is 1. The lowest BCUT2D eigenvalue weighted by atomic mass is 10.1. The Kier molecular flexibility index (Phi) is 2.95. The summed E-state index contributed by atoms with van der Waals surface area (Å²) < 4.78 is 1.56. The number of rotatable bonds is 2. The lowest BCUT2D eigenvalue weighted by molar-refractivity contribution is 0.0690. The SMILES string of the molecule is Cc1ccn2c(C(=O)O)c(-c3ccccc3Cl)nc2c1. The van der Waals surface area contributed by atoms with E-state index in [-0.39, 0.29) is 5.69 Å². The zero-order chi connectivity index (χ0) is 14.3. The first-order valence-corrected chi connectivity index (χ1v) is 6.42. The van der Waals surface area contributed by atoms with Gasteiger partial charge in [-0.15, -0.1) is 0 Å². The molecule has 0 unspecified atom stereocenters. The minimum Gasteiger partial charge on any atom is -0.476 e. The summed E-state index contributed by atoms with van der Waals surface area (Å²) in [5.74, 6) is -1.03. The first kappa shape index (κ1) is 12.7. The Bertz CT molecular complexity index is 824. The molecule has 0 radical (unpaired) electrons. The number of nitrogens with zero attached hydrogens (tertiary/aromatic N) is 2. The fourth-order valence-corrected chi connectivity index (χ4v) is 2.42. The fourth-order valence-electron chi connectivity index (χ4n) is 2.19. The van der Waals surface area contributed by atoms with E-state index < -0.39 is 5.97 Å². The highest BCUT2D eigenvalue weighted by molar-refractivity contribution is 6.33. The average molecular weight is 287 g/mol. The van der Waals surface area contributed by atoms with Crippen LogP contribution in [-0.4, -0.2) is 20.5 Å². The number of aromatic carboxylic acids is 1. The van der Waals surface area contributed by atoms with E-state index in [0.29, 0.717) is 21.9 Å². The van der Waals surface area contributed by atoms with Gasteiger partial charge in [-0.25, -0.2) is 9.78 Å². The molecule has 0 bridgehead atoms. The molecule has 0 fully saturated rings. The minimum atomic E-state index is -1.03. The van der Waals surface area contributed by atoms with Crippen molar-refractivity contribution in [1.29, 1.82) is 0 Å². The van der Waals surface area contributed by atoms with Gasteiger partial charge in [0.25, 0.3) is 0 Å². The smallest absolute Gasteiger partial charge is 0.355 e. The summed E-state index contributed by atoms with van der Waals surface area (Å²) in [4.78, 5) is 16.0. The number of carbonyl (C=O) groups is 1. The third-order valence-electron chi connectivity index (χ3n) is 3.11. The minimum absolute atomic E-state index is 0.119. The first-order chi connectivity index (χ1) is 9.58. The van der Waals surface area contributed by atoms with Gasteiger partial charge in [0.2, 0.25) is 0 Å². The van der Waals surface area contributed by atoms with E-state index in [1.54, 1.807) is 28.8 Å². The molecule has 0 saturated carbocycles. The molecule has 1 aromatic carbocycles. The Hall–Kier alpha value is -2.33. The lowest BCUT2D eigenvalue weighted by Gasteiger charge is -2.02.